The van der Waals surface area contributed by atoms with Crippen molar-refractivity contribution >= 4 is 5.57 Å². The van der Waals surface area contributed by atoms with E-state index < -0.39 is 0 Å². The molecule has 0 spiro atoms. The first-order valence-electron chi connectivity index (χ1n) is 6.32. The molecule has 2 aliphatic rings. The first kappa shape index (κ1) is 10.6. The van der Waals surface area contributed by atoms with Crippen LogP contribution >= 0.6 is 0 Å². The standard InChI is InChI=1S/C17H18/c1-12-7-6-10-16-14(11-12)13-8-4-5-9-15(13)17(16,2)3/h4-12H,1-3H3. The molecular formula is C17H18. The summed E-state index contributed by atoms with van der Waals surface area (Å²) in [6, 6.07) is 8.80. The van der Waals surface area contributed by atoms with E-state index in [-0.39, 0.29) is 5.41 Å². The largest absolute Gasteiger partial charge is 0.0779 e. The third-order valence-electron chi connectivity index (χ3n) is 3.96. The minimum atomic E-state index is 0.136. The van der Waals surface area contributed by atoms with Gasteiger partial charge < -0.3 is 0 Å². The van der Waals surface area contributed by atoms with Crippen LogP contribution in [0.1, 0.15) is 31.9 Å². The Kier molecular flexibility index (Phi) is 2.16. The molecule has 0 saturated heterocycles. The molecule has 0 bridgehead atoms. The molecule has 0 saturated carbocycles. The fourth-order valence-corrected chi connectivity index (χ4v) is 3.01. The summed E-state index contributed by atoms with van der Waals surface area (Å²) in [5.41, 5.74) is 5.90. The smallest absolute Gasteiger partial charge is 0.0158 e. The molecule has 3 rings (SSSR count). The summed E-state index contributed by atoms with van der Waals surface area (Å²) in [5, 5.41) is 0. The van der Waals surface area contributed by atoms with Gasteiger partial charge in [-0.3, -0.25) is 0 Å². The van der Waals surface area contributed by atoms with Crippen LogP contribution in [0.25, 0.3) is 5.57 Å². The highest BCUT2D eigenvalue weighted by molar-refractivity contribution is 5.90. The SMILES string of the molecule is CC1C=CC=C2C(=C1)c1ccccc1C2(C)C. The maximum absolute atomic E-state index is 2.39. The van der Waals surface area contributed by atoms with E-state index in [0.717, 1.165) is 0 Å². The van der Waals surface area contributed by atoms with Crippen LogP contribution < -0.4 is 0 Å². The summed E-state index contributed by atoms with van der Waals surface area (Å²) in [6.07, 6.45) is 9.15. The van der Waals surface area contributed by atoms with Gasteiger partial charge in [0.1, 0.15) is 0 Å². The van der Waals surface area contributed by atoms with Gasteiger partial charge in [0.05, 0.1) is 0 Å². The van der Waals surface area contributed by atoms with Gasteiger partial charge in [-0.05, 0) is 28.2 Å². The highest BCUT2D eigenvalue weighted by Gasteiger charge is 2.37. The second-order valence-corrected chi connectivity index (χ2v) is 5.58. The molecule has 0 N–H and O–H groups in total. The second kappa shape index (κ2) is 3.46. The minimum absolute atomic E-state index is 0.136. The summed E-state index contributed by atoms with van der Waals surface area (Å²) in [7, 11) is 0. The molecule has 1 atom stereocenters. The summed E-state index contributed by atoms with van der Waals surface area (Å²) in [6.45, 7) is 6.89. The summed E-state index contributed by atoms with van der Waals surface area (Å²) >= 11 is 0. The van der Waals surface area contributed by atoms with E-state index in [1.165, 1.54) is 22.3 Å². The molecule has 2 aliphatic carbocycles. The maximum Gasteiger partial charge on any atom is 0.0158 e. The molecule has 1 aromatic rings. The summed E-state index contributed by atoms with van der Waals surface area (Å²) in [5.74, 6) is 0.515. The Morgan fingerprint density at radius 2 is 1.88 bits per heavy atom. The molecule has 0 nitrogen and oxygen atoms in total. The second-order valence-electron chi connectivity index (χ2n) is 5.58. The number of hydrogen-bond donors (Lipinski definition) is 0. The number of rotatable bonds is 0. The van der Waals surface area contributed by atoms with E-state index in [0.29, 0.717) is 5.92 Å². The zero-order chi connectivity index (χ0) is 12.0. The molecular weight excluding hydrogens is 204 g/mol. The van der Waals surface area contributed by atoms with Gasteiger partial charge in [0, 0.05) is 5.41 Å². The fourth-order valence-electron chi connectivity index (χ4n) is 3.01. The Morgan fingerprint density at radius 1 is 1.12 bits per heavy atom. The Bertz CT molecular complexity index is 553. The van der Waals surface area contributed by atoms with E-state index in [2.05, 4.69) is 69.3 Å². The molecule has 17 heavy (non-hydrogen) atoms. The number of benzene rings is 1. The van der Waals surface area contributed by atoms with Gasteiger partial charge in [0.2, 0.25) is 0 Å². The van der Waals surface area contributed by atoms with Crippen LogP contribution in [0.15, 0.2) is 54.1 Å². The summed E-state index contributed by atoms with van der Waals surface area (Å²) < 4.78 is 0. The molecule has 0 radical (unpaired) electrons. The van der Waals surface area contributed by atoms with Crippen molar-refractivity contribution in [1.82, 2.24) is 0 Å². The van der Waals surface area contributed by atoms with Crippen molar-refractivity contribution in [2.45, 2.75) is 26.2 Å². The minimum Gasteiger partial charge on any atom is -0.0779 e. The quantitative estimate of drug-likeness (QED) is 0.606. The van der Waals surface area contributed by atoms with Crippen LogP contribution in [0.2, 0.25) is 0 Å². The molecule has 86 valence electrons. The van der Waals surface area contributed by atoms with Crippen molar-refractivity contribution in [3.8, 4) is 0 Å². The van der Waals surface area contributed by atoms with E-state index in [1.54, 1.807) is 0 Å². The van der Waals surface area contributed by atoms with Crippen LogP contribution in [0, 0.1) is 5.92 Å². The Labute approximate surface area is 103 Å². The van der Waals surface area contributed by atoms with E-state index in [1.807, 2.05) is 0 Å². The van der Waals surface area contributed by atoms with Crippen molar-refractivity contribution in [2.24, 2.45) is 5.92 Å². The lowest BCUT2D eigenvalue weighted by Gasteiger charge is -2.21. The van der Waals surface area contributed by atoms with Crippen LogP contribution in [0.5, 0.6) is 0 Å². The lowest BCUT2D eigenvalue weighted by atomic mass is 9.82. The van der Waals surface area contributed by atoms with Gasteiger partial charge in [0.15, 0.2) is 0 Å². The molecule has 1 aromatic carbocycles. The van der Waals surface area contributed by atoms with Crippen LogP contribution in [-0.4, -0.2) is 0 Å². The Morgan fingerprint density at radius 3 is 2.71 bits per heavy atom. The van der Waals surface area contributed by atoms with Crippen molar-refractivity contribution in [3.63, 3.8) is 0 Å². The third kappa shape index (κ3) is 1.44. The topological polar surface area (TPSA) is 0 Å². The van der Waals surface area contributed by atoms with Crippen molar-refractivity contribution < 1.29 is 0 Å². The average Bonchev–Trinajstić information content (AvgIpc) is 2.45. The average molecular weight is 222 g/mol. The van der Waals surface area contributed by atoms with Crippen LogP contribution in [0.4, 0.5) is 0 Å². The van der Waals surface area contributed by atoms with Gasteiger partial charge in [-0.1, -0.05) is 69.3 Å². The molecule has 0 aliphatic heterocycles. The molecule has 1 unspecified atom stereocenters. The molecule has 0 amide bonds. The maximum atomic E-state index is 2.39. The number of hydrogen-bond acceptors (Lipinski definition) is 0. The fraction of sp³-hybridized carbons (Fsp3) is 0.294. The van der Waals surface area contributed by atoms with Gasteiger partial charge in [-0.2, -0.15) is 0 Å². The van der Waals surface area contributed by atoms with E-state index >= 15 is 0 Å². The molecule has 0 fully saturated rings. The lowest BCUT2D eigenvalue weighted by Crippen LogP contribution is -2.14. The Hall–Kier alpha value is -1.56. The van der Waals surface area contributed by atoms with Gasteiger partial charge in [-0.15, -0.1) is 0 Å². The zero-order valence-corrected chi connectivity index (χ0v) is 10.7. The van der Waals surface area contributed by atoms with Crippen LogP contribution in [0.3, 0.4) is 0 Å². The highest BCUT2D eigenvalue weighted by atomic mass is 14.4. The Balaban J connectivity index is 2.31. The van der Waals surface area contributed by atoms with Gasteiger partial charge >= 0.3 is 0 Å². The summed E-state index contributed by atoms with van der Waals surface area (Å²) in [4.78, 5) is 0. The molecule has 0 heteroatoms. The monoisotopic (exact) mass is 222 g/mol. The number of allylic oxidation sites excluding steroid dienone is 6. The first-order chi connectivity index (χ1) is 8.10. The predicted octanol–water partition coefficient (Wildman–Crippen LogP) is 4.49. The van der Waals surface area contributed by atoms with Crippen molar-refractivity contribution in [1.29, 1.82) is 0 Å². The van der Waals surface area contributed by atoms with Crippen LogP contribution in [-0.2, 0) is 5.41 Å². The predicted molar refractivity (Wildman–Crippen MR) is 73.8 cm³/mol. The lowest BCUT2D eigenvalue weighted by molar-refractivity contribution is 0.661. The first-order valence-corrected chi connectivity index (χ1v) is 6.32. The number of fused-ring (bicyclic) bond motifs is 3. The third-order valence-corrected chi connectivity index (χ3v) is 3.96. The highest BCUT2D eigenvalue weighted by Crippen LogP contribution is 2.50. The zero-order valence-electron chi connectivity index (χ0n) is 10.7. The van der Waals surface area contributed by atoms with E-state index in [9.17, 15) is 0 Å². The normalized spacial score (nSPS) is 24.5. The molecule has 0 heterocycles. The molecule has 0 aromatic heterocycles. The van der Waals surface area contributed by atoms with Gasteiger partial charge in [-0.25, -0.2) is 0 Å². The van der Waals surface area contributed by atoms with E-state index in [4.69, 9.17) is 0 Å². The van der Waals surface area contributed by atoms with Gasteiger partial charge in [0.25, 0.3) is 0 Å². The van der Waals surface area contributed by atoms with Crippen molar-refractivity contribution in [3.05, 3.63) is 65.3 Å². The van der Waals surface area contributed by atoms with Crippen molar-refractivity contribution in [2.75, 3.05) is 0 Å².